The Kier molecular flexibility index (Phi) is 4.90. The Morgan fingerprint density at radius 2 is 2.29 bits per heavy atom. The maximum atomic E-state index is 12.2. The van der Waals surface area contributed by atoms with Gasteiger partial charge in [-0.05, 0) is 26.0 Å². The minimum absolute atomic E-state index is 0.0368. The summed E-state index contributed by atoms with van der Waals surface area (Å²) in [6.45, 7) is 4.10. The highest BCUT2D eigenvalue weighted by Crippen LogP contribution is 2.11. The molecule has 2 N–H and O–H groups in total. The molecule has 0 saturated carbocycles. The van der Waals surface area contributed by atoms with E-state index in [1.54, 1.807) is 30.3 Å². The van der Waals surface area contributed by atoms with Crippen molar-refractivity contribution in [1.29, 1.82) is 0 Å². The topological polar surface area (TPSA) is 65.5 Å². The fourth-order valence-corrected chi connectivity index (χ4v) is 1.55. The van der Waals surface area contributed by atoms with E-state index in [4.69, 9.17) is 5.11 Å². The van der Waals surface area contributed by atoms with Crippen molar-refractivity contribution >= 4 is 11.6 Å². The van der Waals surface area contributed by atoms with Crippen LogP contribution in [-0.2, 0) is 0 Å². The first-order valence-electron chi connectivity index (χ1n) is 5.65. The Balaban J connectivity index is 2.92. The van der Waals surface area contributed by atoms with Crippen LogP contribution in [-0.4, -0.2) is 47.1 Å². The summed E-state index contributed by atoms with van der Waals surface area (Å²) in [7, 11) is 1.79. The highest BCUT2D eigenvalue weighted by atomic mass is 16.3. The quantitative estimate of drug-likeness (QED) is 0.800. The molecule has 0 fully saturated rings. The maximum Gasteiger partial charge on any atom is 0.272 e. The van der Waals surface area contributed by atoms with Crippen molar-refractivity contribution < 1.29 is 9.90 Å². The maximum absolute atomic E-state index is 12.2. The number of aromatic nitrogens is 1. The summed E-state index contributed by atoms with van der Waals surface area (Å²) >= 11 is 0. The molecular formula is C12H19N3O2. The van der Waals surface area contributed by atoms with E-state index in [2.05, 4.69) is 10.3 Å². The van der Waals surface area contributed by atoms with Gasteiger partial charge in [-0.1, -0.05) is 0 Å². The SMILES string of the molecule is CNc1ccnc(C(=O)N(CCO)C(C)C)c1. The molecule has 0 bridgehead atoms. The van der Waals surface area contributed by atoms with Gasteiger partial charge in [0, 0.05) is 31.5 Å². The lowest BCUT2D eigenvalue weighted by molar-refractivity contribution is 0.0659. The minimum Gasteiger partial charge on any atom is -0.395 e. The second-order valence-corrected chi connectivity index (χ2v) is 4.00. The number of pyridine rings is 1. The number of nitrogens with one attached hydrogen (secondary N) is 1. The number of rotatable bonds is 5. The fraction of sp³-hybridized carbons (Fsp3) is 0.500. The summed E-state index contributed by atoms with van der Waals surface area (Å²) in [6.07, 6.45) is 1.59. The number of anilines is 1. The molecule has 1 rings (SSSR count). The highest BCUT2D eigenvalue weighted by molar-refractivity contribution is 5.93. The van der Waals surface area contributed by atoms with Crippen molar-refractivity contribution in [3.8, 4) is 0 Å². The molecule has 0 radical (unpaired) electrons. The Morgan fingerprint density at radius 3 is 2.82 bits per heavy atom. The van der Waals surface area contributed by atoms with Crippen LogP contribution >= 0.6 is 0 Å². The molecule has 1 amide bonds. The normalized spacial score (nSPS) is 10.4. The second kappa shape index (κ2) is 6.20. The predicted molar refractivity (Wildman–Crippen MR) is 67.0 cm³/mol. The predicted octanol–water partition coefficient (Wildman–Crippen LogP) is 0.966. The molecule has 5 nitrogen and oxygen atoms in total. The lowest BCUT2D eigenvalue weighted by Crippen LogP contribution is -2.39. The van der Waals surface area contributed by atoms with Crippen LogP contribution in [0.2, 0.25) is 0 Å². The van der Waals surface area contributed by atoms with Gasteiger partial charge in [0.05, 0.1) is 6.61 Å². The van der Waals surface area contributed by atoms with Crippen LogP contribution in [0.25, 0.3) is 0 Å². The fourth-order valence-electron chi connectivity index (χ4n) is 1.55. The second-order valence-electron chi connectivity index (χ2n) is 4.00. The first kappa shape index (κ1) is 13.4. The molecule has 0 saturated heterocycles. The molecule has 0 aliphatic heterocycles. The van der Waals surface area contributed by atoms with Gasteiger partial charge in [0.1, 0.15) is 5.69 Å². The van der Waals surface area contributed by atoms with E-state index in [1.807, 2.05) is 13.8 Å². The van der Waals surface area contributed by atoms with Crippen LogP contribution in [0, 0.1) is 0 Å². The highest BCUT2D eigenvalue weighted by Gasteiger charge is 2.19. The number of aliphatic hydroxyl groups excluding tert-OH is 1. The van der Waals surface area contributed by atoms with Crippen LogP contribution < -0.4 is 5.32 Å². The number of aliphatic hydroxyl groups is 1. The molecule has 1 heterocycles. The van der Waals surface area contributed by atoms with Crippen LogP contribution in [0.3, 0.4) is 0 Å². The minimum atomic E-state index is -0.161. The number of nitrogens with zero attached hydrogens (tertiary/aromatic N) is 2. The molecule has 0 aliphatic carbocycles. The number of amides is 1. The van der Waals surface area contributed by atoms with Gasteiger partial charge in [-0.15, -0.1) is 0 Å². The largest absolute Gasteiger partial charge is 0.395 e. The molecule has 1 aromatic heterocycles. The number of carbonyl (C=O) groups is 1. The van der Waals surface area contributed by atoms with Crippen molar-refractivity contribution in [3.63, 3.8) is 0 Å². The van der Waals surface area contributed by atoms with E-state index >= 15 is 0 Å². The standard InChI is InChI=1S/C12H19N3O2/c1-9(2)15(6-7-16)12(17)11-8-10(13-3)4-5-14-11/h4-5,8-9,16H,6-7H2,1-3H3,(H,13,14). The zero-order valence-corrected chi connectivity index (χ0v) is 10.5. The van der Waals surface area contributed by atoms with Gasteiger partial charge in [0.15, 0.2) is 0 Å². The van der Waals surface area contributed by atoms with Crippen molar-refractivity contribution in [1.82, 2.24) is 9.88 Å². The molecule has 5 heteroatoms. The molecule has 1 aromatic rings. The number of hydrogen-bond acceptors (Lipinski definition) is 4. The van der Waals surface area contributed by atoms with Crippen LogP contribution in [0.4, 0.5) is 5.69 Å². The van der Waals surface area contributed by atoms with Gasteiger partial charge >= 0.3 is 0 Å². The zero-order chi connectivity index (χ0) is 12.8. The lowest BCUT2D eigenvalue weighted by atomic mass is 10.2. The van der Waals surface area contributed by atoms with Crippen LogP contribution in [0.5, 0.6) is 0 Å². The first-order chi connectivity index (χ1) is 8.10. The Labute approximate surface area is 101 Å². The van der Waals surface area contributed by atoms with Crippen molar-refractivity contribution in [3.05, 3.63) is 24.0 Å². The van der Waals surface area contributed by atoms with E-state index in [0.29, 0.717) is 12.2 Å². The summed E-state index contributed by atoms with van der Waals surface area (Å²) < 4.78 is 0. The Morgan fingerprint density at radius 1 is 1.59 bits per heavy atom. The summed E-state index contributed by atoms with van der Waals surface area (Å²) in [5.74, 6) is -0.161. The third kappa shape index (κ3) is 3.42. The van der Waals surface area contributed by atoms with Gasteiger partial charge < -0.3 is 15.3 Å². The molecule has 0 unspecified atom stereocenters. The molecule has 94 valence electrons. The summed E-state index contributed by atoms with van der Waals surface area (Å²) in [6, 6.07) is 3.53. The molecule has 0 aromatic carbocycles. The van der Waals surface area contributed by atoms with Gasteiger partial charge in [0.2, 0.25) is 0 Å². The monoisotopic (exact) mass is 237 g/mol. The first-order valence-corrected chi connectivity index (χ1v) is 5.65. The van der Waals surface area contributed by atoms with E-state index in [0.717, 1.165) is 5.69 Å². The molecule has 0 atom stereocenters. The number of carbonyl (C=O) groups excluding carboxylic acids is 1. The number of hydrogen-bond donors (Lipinski definition) is 2. The van der Waals surface area contributed by atoms with E-state index in [9.17, 15) is 4.79 Å². The smallest absolute Gasteiger partial charge is 0.272 e. The zero-order valence-electron chi connectivity index (χ0n) is 10.5. The lowest BCUT2D eigenvalue weighted by Gasteiger charge is -2.25. The molecule has 0 spiro atoms. The van der Waals surface area contributed by atoms with E-state index in [1.165, 1.54) is 0 Å². The van der Waals surface area contributed by atoms with Crippen LogP contribution in [0.1, 0.15) is 24.3 Å². The van der Waals surface area contributed by atoms with E-state index < -0.39 is 0 Å². The van der Waals surface area contributed by atoms with Crippen molar-refractivity contribution in [2.45, 2.75) is 19.9 Å². The average Bonchev–Trinajstić information content (AvgIpc) is 2.34. The van der Waals surface area contributed by atoms with E-state index in [-0.39, 0.29) is 18.6 Å². The average molecular weight is 237 g/mol. The Bertz CT molecular complexity index is 380. The molecule has 0 aliphatic rings. The van der Waals surface area contributed by atoms with Crippen molar-refractivity contribution in [2.24, 2.45) is 0 Å². The molecular weight excluding hydrogens is 218 g/mol. The molecule has 17 heavy (non-hydrogen) atoms. The van der Waals surface area contributed by atoms with Crippen LogP contribution in [0.15, 0.2) is 18.3 Å². The third-order valence-electron chi connectivity index (χ3n) is 2.49. The van der Waals surface area contributed by atoms with Gasteiger partial charge in [-0.3, -0.25) is 9.78 Å². The third-order valence-corrected chi connectivity index (χ3v) is 2.49. The Hall–Kier alpha value is -1.62. The summed E-state index contributed by atoms with van der Waals surface area (Å²) in [5.41, 5.74) is 1.23. The summed E-state index contributed by atoms with van der Waals surface area (Å²) in [4.78, 5) is 17.8. The summed E-state index contributed by atoms with van der Waals surface area (Å²) in [5, 5.41) is 11.9. The van der Waals surface area contributed by atoms with Gasteiger partial charge in [0.25, 0.3) is 5.91 Å². The van der Waals surface area contributed by atoms with Crippen molar-refractivity contribution in [2.75, 3.05) is 25.5 Å². The van der Waals surface area contributed by atoms with Gasteiger partial charge in [-0.2, -0.15) is 0 Å². The van der Waals surface area contributed by atoms with Gasteiger partial charge in [-0.25, -0.2) is 0 Å².